The number of para-hydroxylation sites is 1. The molecule has 11 nitrogen and oxygen atoms in total. The van der Waals surface area contributed by atoms with E-state index in [-0.39, 0.29) is 25.2 Å². The second-order valence-corrected chi connectivity index (χ2v) is 9.70. The van der Waals surface area contributed by atoms with E-state index in [1.54, 1.807) is 44.2 Å². The maximum atomic E-state index is 13.3. The van der Waals surface area contributed by atoms with Gasteiger partial charge in [-0.05, 0) is 32.4 Å². The highest BCUT2D eigenvalue weighted by atomic mass is 31.2. The smallest absolute Gasteiger partial charge is 0.459 e. The SMILES string of the molecule is C#C.CC.CC.CC(C)OC(=O)CN[P@](=O)(OCC1CC(C)C(n2ccc(=O)[nH]c2=O)O1)Oc1ccccc1. The molecule has 1 aromatic heterocycles. The van der Waals surface area contributed by atoms with Gasteiger partial charge in [-0.15, -0.1) is 12.8 Å². The molecule has 1 aromatic carbocycles. The van der Waals surface area contributed by atoms with E-state index < -0.39 is 37.3 Å². The molecule has 0 amide bonds. The first kappa shape index (κ1) is 35.8. The van der Waals surface area contributed by atoms with Crippen molar-refractivity contribution < 1.29 is 27.9 Å². The highest BCUT2D eigenvalue weighted by Crippen LogP contribution is 2.45. The molecule has 4 atom stereocenters. The van der Waals surface area contributed by atoms with Gasteiger partial charge in [0.05, 0.1) is 18.8 Å². The number of nitrogens with zero attached hydrogens (tertiary/aromatic N) is 1. The minimum absolute atomic E-state index is 0.0781. The van der Waals surface area contributed by atoms with Gasteiger partial charge in [-0.1, -0.05) is 52.8 Å². The Morgan fingerprint density at radius 3 is 2.33 bits per heavy atom. The molecule has 0 aliphatic carbocycles. The molecule has 218 valence electrons. The fraction of sp³-hybridized carbons (Fsp3) is 0.519. The average Bonchev–Trinajstić information content (AvgIpc) is 3.30. The molecule has 2 aromatic rings. The first-order valence-electron chi connectivity index (χ1n) is 12.9. The number of aromatic nitrogens is 2. The highest BCUT2D eigenvalue weighted by Gasteiger charge is 2.37. The summed E-state index contributed by atoms with van der Waals surface area (Å²) < 4.78 is 36.8. The summed E-state index contributed by atoms with van der Waals surface area (Å²) in [5, 5.41) is 2.53. The lowest BCUT2D eigenvalue weighted by molar-refractivity contribution is -0.145. The minimum Gasteiger partial charge on any atom is -0.462 e. The Balaban J connectivity index is 0.00000225. The number of nitrogens with one attached hydrogen (secondary N) is 2. The summed E-state index contributed by atoms with van der Waals surface area (Å²) in [7, 11) is -3.97. The van der Waals surface area contributed by atoms with Crippen molar-refractivity contribution in [1.82, 2.24) is 14.6 Å². The zero-order valence-corrected chi connectivity index (χ0v) is 24.7. The van der Waals surface area contributed by atoms with E-state index >= 15 is 0 Å². The number of aromatic amines is 1. The van der Waals surface area contributed by atoms with E-state index in [9.17, 15) is 18.9 Å². The number of rotatable bonds is 10. The topological polar surface area (TPSA) is 138 Å². The normalized spacial score (nSPS) is 19.1. The summed E-state index contributed by atoms with van der Waals surface area (Å²) in [6.07, 6.45) is 8.44. The Labute approximate surface area is 230 Å². The molecular weight excluding hydrogens is 525 g/mol. The fourth-order valence-corrected chi connectivity index (χ4v) is 4.66. The summed E-state index contributed by atoms with van der Waals surface area (Å²) in [6, 6.07) is 9.65. The van der Waals surface area contributed by atoms with Crippen molar-refractivity contribution in [2.45, 2.75) is 73.3 Å². The molecule has 0 spiro atoms. The molecule has 2 heterocycles. The van der Waals surface area contributed by atoms with Crippen LogP contribution in [-0.4, -0.2) is 40.9 Å². The highest BCUT2D eigenvalue weighted by molar-refractivity contribution is 7.52. The van der Waals surface area contributed by atoms with Crippen LogP contribution in [0.25, 0.3) is 0 Å². The van der Waals surface area contributed by atoms with Gasteiger partial charge >= 0.3 is 19.4 Å². The van der Waals surface area contributed by atoms with Crippen LogP contribution >= 0.6 is 7.75 Å². The molecule has 0 radical (unpaired) electrons. The van der Waals surface area contributed by atoms with Crippen LogP contribution in [0.5, 0.6) is 5.75 Å². The van der Waals surface area contributed by atoms with Crippen LogP contribution in [0.15, 0.2) is 52.2 Å². The Morgan fingerprint density at radius 2 is 1.77 bits per heavy atom. The van der Waals surface area contributed by atoms with Crippen molar-refractivity contribution in [3.63, 3.8) is 0 Å². The summed E-state index contributed by atoms with van der Waals surface area (Å²) >= 11 is 0. The molecule has 1 fully saturated rings. The number of carbonyl (C=O) groups excluding carboxylic acids is 1. The lowest BCUT2D eigenvalue weighted by atomic mass is 10.1. The van der Waals surface area contributed by atoms with Gasteiger partial charge in [-0.2, -0.15) is 0 Å². The average molecular weight is 568 g/mol. The van der Waals surface area contributed by atoms with Gasteiger partial charge < -0.3 is 14.0 Å². The number of terminal acetylenes is 1. The van der Waals surface area contributed by atoms with Gasteiger partial charge in [0, 0.05) is 18.2 Å². The number of hydrogen-bond acceptors (Lipinski definition) is 8. The summed E-state index contributed by atoms with van der Waals surface area (Å²) in [5.41, 5.74) is -1.08. The van der Waals surface area contributed by atoms with Crippen LogP contribution in [0.2, 0.25) is 0 Å². The molecule has 3 rings (SSSR count). The van der Waals surface area contributed by atoms with E-state index in [4.69, 9.17) is 18.5 Å². The molecule has 1 aliphatic rings. The minimum atomic E-state index is -3.97. The number of hydrogen-bond donors (Lipinski definition) is 2. The van der Waals surface area contributed by atoms with Crippen LogP contribution in [0.1, 0.15) is 61.1 Å². The number of ether oxygens (including phenoxy) is 2. The molecular formula is C27H42N3O8P. The number of H-pyrrole nitrogens is 1. The molecule has 39 heavy (non-hydrogen) atoms. The van der Waals surface area contributed by atoms with E-state index in [1.165, 1.54) is 16.8 Å². The molecule has 1 aliphatic heterocycles. The fourth-order valence-electron chi connectivity index (χ4n) is 3.36. The van der Waals surface area contributed by atoms with Crippen LogP contribution in [0, 0.1) is 18.8 Å². The van der Waals surface area contributed by atoms with Crippen LogP contribution < -0.4 is 20.9 Å². The summed E-state index contributed by atoms with van der Waals surface area (Å²) in [5.74, 6) is -0.386. The zero-order chi connectivity index (χ0) is 30.0. The zero-order valence-electron chi connectivity index (χ0n) is 23.8. The van der Waals surface area contributed by atoms with Crippen LogP contribution in [0.4, 0.5) is 0 Å². The standard InChI is InChI=1S/C21H28N3O8P.2C2H6.C2H2/c1-14(2)30-19(26)12-22-33(28,32-16-7-5-4-6-8-16)29-13-17-11-15(3)20(31-17)24-10-9-18(25)23-21(24)27;3*1-2/h4-10,14-15,17,20H,11-13H2,1-3H3,(H,22,28)(H,23,25,27);2*1-2H3;1-2H/t15?,17?,20?,33-;;;/m0.../s1. The van der Waals surface area contributed by atoms with Gasteiger partial charge in [0.15, 0.2) is 0 Å². The van der Waals surface area contributed by atoms with Crippen molar-refractivity contribution >= 4 is 13.7 Å². The van der Waals surface area contributed by atoms with Crippen molar-refractivity contribution in [3.8, 4) is 18.6 Å². The Morgan fingerprint density at radius 1 is 1.15 bits per heavy atom. The second kappa shape index (κ2) is 19.0. The molecule has 3 unspecified atom stereocenters. The molecule has 0 bridgehead atoms. The van der Waals surface area contributed by atoms with Crippen molar-refractivity contribution in [2.75, 3.05) is 13.2 Å². The van der Waals surface area contributed by atoms with E-state index in [1.807, 2.05) is 34.6 Å². The molecule has 12 heteroatoms. The van der Waals surface area contributed by atoms with Gasteiger partial charge in [-0.3, -0.25) is 23.7 Å². The number of esters is 1. The van der Waals surface area contributed by atoms with Crippen LogP contribution in [-0.2, 0) is 23.4 Å². The maximum absolute atomic E-state index is 13.3. The number of benzene rings is 1. The van der Waals surface area contributed by atoms with Crippen molar-refractivity contribution in [2.24, 2.45) is 5.92 Å². The number of carbonyl (C=O) groups is 1. The van der Waals surface area contributed by atoms with Gasteiger partial charge in [0.2, 0.25) is 0 Å². The lowest BCUT2D eigenvalue weighted by Crippen LogP contribution is -2.33. The quantitative estimate of drug-likeness (QED) is 0.241. The van der Waals surface area contributed by atoms with E-state index in [0.717, 1.165) is 0 Å². The van der Waals surface area contributed by atoms with Gasteiger partial charge in [0.1, 0.15) is 18.5 Å². The second-order valence-electron chi connectivity index (χ2n) is 7.95. The first-order valence-corrected chi connectivity index (χ1v) is 14.4. The van der Waals surface area contributed by atoms with E-state index in [0.29, 0.717) is 12.2 Å². The molecule has 2 N–H and O–H groups in total. The van der Waals surface area contributed by atoms with Crippen molar-refractivity contribution in [1.29, 1.82) is 0 Å². The monoisotopic (exact) mass is 567 g/mol. The molecule has 0 saturated carbocycles. The van der Waals surface area contributed by atoms with Gasteiger partial charge in [0.25, 0.3) is 5.56 Å². The Kier molecular flexibility index (Phi) is 17.4. The van der Waals surface area contributed by atoms with Gasteiger partial charge in [-0.25, -0.2) is 14.4 Å². The predicted molar refractivity (Wildman–Crippen MR) is 151 cm³/mol. The molecule has 1 saturated heterocycles. The van der Waals surface area contributed by atoms with Crippen LogP contribution in [0.3, 0.4) is 0 Å². The maximum Gasteiger partial charge on any atom is 0.459 e. The first-order chi connectivity index (χ1) is 18.6. The van der Waals surface area contributed by atoms with E-state index in [2.05, 4.69) is 22.9 Å². The Hall–Kier alpha value is -3.16. The lowest BCUT2D eigenvalue weighted by Gasteiger charge is -2.22. The summed E-state index contributed by atoms with van der Waals surface area (Å²) in [6.45, 7) is 12.8. The predicted octanol–water partition coefficient (Wildman–Crippen LogP) is 4.51. The third-order valence-corrected chi connectivity index (χ3v) is 6.25. The van der Waals surface area contributed by atoms with Crippen molar-refractivity contribution in [3.05, 3.63) is 63.4 Å². The largest absolute Gasteiger partial charge is 0.462 e. The Bertz CT molecular complexity index is 1150. The third-order valence-electron chi connectivity index (χ3n) is 4.76. The summed E-state index contributed by atoms with van der Waals surface area (Å²) in [4.78, 5) is 37.5. The third kappa shape index (κ3) is 12.5.